The Bertz CT molecular complexity index is 1020. The van der Waals surface area contributed by atoms with E-state index in [0.29, 0.717) is 12.1 Å². The second-order valence-corrected chi connectivity index (χ2v) is 14.4. The maximum Gasteiger partial charge on any atom is 0.181 e. The molecule has 2 fully saturated rings. The molecule has 0 bridgehead atoms. The van der Waals surface area contributed by atoms with Gasteiger partial charge in [-0.25, -0.2) is 16.8 Å². The molecule has 0 amide bonds. The Morgan fingerprint density at radius 1 is 0.788 bits per heavy atom. The van der Waals surface area contributed by atoms with Crippen LogP contribution in [0.2, 0.25) is 0 Å². The van der Waals surface area contributed by atoms with Crippen molar-refractivity contribution < 1.29 is 16.8 Å². The third-order valence-electron chi connectivity index (χ3n) is 7.53. The fraction of sp³-hybridized carbons (Fsp3) is 0.760. The van der Waals surface area contributed by atoms with E-state index in [1.807, 2.05) is 20.8 Å². The zero-order valence-corrected chi connectivity index (χ0v) is 22.6. The van der Waals surface area contributed by atoms with Crippen LogP contribution >= 0.6 is 0 Å². The summed E-state index contributed by atoms with van der Waals surface area (Å²) in [6.07, 6.45) is 6.64. The van der Waals surface area contributed by atoms with Gasteiger partial charge in [0.1, 0.15) is 0 Å². The fourth-order valence-electron chi connectivity index (χ4n) is 5.67. The lowest BCUT2D eigenvalue weighted by Crippen LogP contribution is -2.46. The van der Waals surface area contributed by atoms with Gasteiger partial charge in [0.2, 0.25) is 0 Å². The van der Waals surface area contributed by atoms with Crippen molar-refractivity contribution in [3.05, 3.63) is 23.8 Å². The van der Waals surface area contributed by atoms with E-state index in [1.54, 1.807) is 12.1 Å². The van der Waals surface area contributed by atoms with Crippen molar-refractivity contribution in [3.63, 3.8) is 0 Å². The van der Waals surface area contributed by atoms with Gasteiger partial charge in [-0.05, 0) is 91.1 Å². The molecule has 3 rings (SSSR count). The first-order chi connectivity index (χ1) is 15.4. The Labute approximate surface area is 201 Å². The molecular weight excluding hydrogens is 456 g/mol. The monoisotopic (exact) mass is 498 g/mol. The third-order valence-corrected chi connectivity index (χ3v) is 11.5. The molecule has 188 valence electrons. The predicted molar refractivity (Wildman–Crippen MR) is 134 cm³/mol. The van der Waals surface area contributed by atoms with E-state index < -0.39 is 19.7 Å². The molecule has 0 aromatic heterocycles. The highest BCUT2D eigenvalue weighted by molar-refractivity contribution is 7.94. The third kappa shape index (κ3) is 6.38. The van der Waals surface area contributed by atoms with Crippen LogP contribution < -0.4 is 0 Å². The largest absolute Gasteiger partial charge is 0.297 e. The standard InChI is InChI=1S/C25H42N2O4S2/c1-19-12-13-24(32(28,29)17-22(4)26-14-8-6-10-20(26)2)25(16-19)33(30,31)18-23(5)27-15-9-7-11-21(27)3/h12-13,16,20-23H,6-11,14-15,17-18H2,1-5H3. The summed E-state index contributed by atoms with van der Waals surface area (Å²) in [5, 5.41) is 0. The highest BCUT2D eigenvalue weighted by atomic mass is 32.2. The molecule has 4 atom stereocenters. The molecule has 0 spiro atoms. The second-order valence-electron chi connectivity index (χ2n) is 10.4. The number of benzene rings is 1. The van der Waals surface area contributed by atoms with Crippen LogP contribution in [0.4, 0.5) is 0 Å². The normalized spacial score (nSPS) is 25.6. The first kappa shape index (κ1) is 26.6. The van der Waals surface area contributed by atoms with Crippen LogP contribution in [0.25, 0.3) is 0 Å². The molecule has 8 heteroatoms. The highest BCUT2D eigenvalue weighted by Gasteiger charge is 2.34. The maximum atomic E-state index is 13.5. The smallest absolute Gasteiger partial charge is 0.181 e. The van der Waals surface area contributed by atoms with E-state index in [4.69, 9.17) is 0 Å². The first-order valence-corrected chi connectivity index (χ1v) is 15.8. The Morgan fingerprint density at radius 2 is 1.24 bits per heavy atom. The van der Waals surface area contributed by atoms with Crippen LogP contribution in [-0.2, 0) is 19.7 Å². The van der Waals surface area contributed by atoms with Gasteiger partial charge in [-0.15, -0.1) is 0 Å². The van der Waals surface area contributed by atoms with Crippen molar-refractivity contribution in [1.82, 2.24) is 9.80 Å². The maximum absolute atomic E-state index is 13.5. The average Bonchev–Trinajstić information content (AvgIpc) is 2.73. The fourth-order valence-corrected chi connectivity index (χ4v) is 9.83. The van der Waals surface area contributed by atoms with Gasteiger partial charge in [0.05, 0.1) is 21.3 Å². The zero-order valence-electron chi connectivity index (χ0n) is 21.0. The van der Waals surface area contributed by atoms with Gasteiger partial charge in [0.25, 0.3) is 0 Å². The summed E-state index contributed by atoms with van der Waals surface area (Å²) in [5.41, 5.74) is 0.754. The quantitative estimate of drug-likeness (QED) is 0.538. The van der Waals surface area contributed by atoms with Crippen LogP contribution in [0.1, 0.15) is 71.8 Å². The first-order valence-electron chi connectivity index (χ1n) is 12.5. The molecule has 2 aliphatic heterocycles. The minimum absolute atomic E-state index is 0.0297. The second kappa shape index (κ2) is 10.8. The zero-order chi connectivity index (χ0) is 24.4. The van der Waals surface area contributed by atoms with E-state index in [9.17, 15) is 16.8 Å². The van der Waals surface area contributed by atoms with Crippen molar-refractivity contribution in [2.45, 2.75) is 107 Å². The summed E-state index contributed by atoms with van der Waals surface area (Å²) < 4.78 is 54.1. The Hall–Kier alpha value is -0.960. The van der Waals surface area contributed by atoms with Crippen LogP contribution in [-0.4, -0.2) is 75.4 Å². The lowest BCUT2D eigenvalue weighted by molar-refractivity contribution is 0.124. The van der Waals surface area contributed by atoms with E-state index in [2.05, 4.69) is 23.6 Å². The summed E-state index contributed by atoms with van der Waals surface area (Å²) in [6.45, 7) is 11.8. The van der Waals surface area contributed by atoms with Gasteiger partial charge in [0, 0.05) is 24.2 Å². The molecule has 2 saturated heterocycles. The molecule has 0 aliphatic carbocycles. The molecular formula is C25H42N2O4S2. The van der Waals surface area contributed by atoms with E-state index >= 15 is 0 Å². The molecule has 0 saturated carbocycles. The number of sulfone groups is 2. The van der Waals surface area contributed by atoms with Crippen LogP contribution in [0, 0.1) is 6.92 Å². The number of nitrogens with zero attached hydrogens (tertiary/aromatic N) is 2. The van der Waals surface area contributed by atoms with Crippen LogP contribution in [0.5, 0.6) is 0 Å². The van der Waals surface area contributed by atoms with Gasteiger partial charge in [-0.3, -0.25) is 9.80 Å². The predicted octanol–water partition coefficient (Wildman–Crippen LogP) is 4.07. The Balaban J connectivity index is 1.87. The lowest BCUT2D eigenvalue weighted by Gasteiger charge is -2.38. The summed E-state index contributed by atoms with van der Waals surface area (Å²) in [4.78, 5) is 4.44. The lowest BCUT2D eigenvalue weighted by atomic mass is 10.0. The summed E-state index contributed by atoms with van der Waals surface area (Å²) >= 11 is 0. The highest BCUT2D eigenvalue weighted by Crippen LogP contribution is 2.29. The van der Waals surface area contributed by atoms with E-state index in [1.165, 1.54) is 18.9 Å². The Kier molecular flexibility index (Phi) is 8.68. The molecule has 1 aromatic carbocycles. The number of rotatable bonds is 8. The Morgan fingerprint density at radius 3 is 1.70 bits per heavy atom. The number of hydrogen-bond acceptors (Lipinski definition) is 6. The van der Waals surface area contributed by atoms with Crippen molar-refractivity contribution in [1.29, 1.82) is 0 Å². The van der Waals surface area contributed by atoms with Crippen LogP contribution in [0.15, 0.2) is 28.0 Å². The number of hydrogen-bond donors (Lipinski definition) is 0. The van der Waals surface area contributed by atoms with Gasteiger partial charge in [-0.2, -0.15) is 0 Å². The molecule has 2 heterocycles. The number of aryl methyl sites for hydroxylation is 1. The molecule has 2 aliphatic rings. The van der Waals surface area contributed by atoms with Gasteiger partial charge < -0.3 is 0 Å². The molecule has 0 radical (unpaired) electrons. The summed E-state index contributed by atoms with van der Waals surface area (Å²) in [5.74, 6) is -0.135. The van der Waals surface area contributed by atoms with Crippen molar-refractivity contribution in [3.8, 4) is 0 Å². The summed E-state index contributed by atoms with van der Waals surface area (Å²) in [7, 11) is -7.54. The minimum atomic E-state index is -3.77. The number of piperidine rings is 2. The van der Waals surface area contributed by atoms with E-state index in [0.717, 1.165) is 44.3 Å². The van der Waals surface area contributed by atoms with Crippen LogP contribution in [0.3, 0.4) is 0 Å². The van der Waals surface area contributed by atoms with Gasteiger partial charge >= 0.3 is 0 Å². The molecule has 33 heavy (non-hydrogen) atoms. The molecule has 0 N–H and O–H groups in total. The molecule has 4 unspecified atom stereocenters. The van der Waals surface area contributed by atoms with Gasteiger partial charge in [0.15, 0.2) is 19.7 Å². The number of likely N-dealkylation sites (tertiary alicyclic amines) is 2. The summed E-state index contributed by atoms with van der Waals surface area (Å²) in [6, 6.07) is 5.12. The van der Waals surface area contributed by atoms with Crippen molar-refractivity contribution in [2.75, 3.05) is 24.6 Å². The van der Waals surface area contributed by atoms with Crippen molar-refractivity contribution >= 4 is 19.7 Å². The SMILES string of the molecule is Cc1ccc(S(=O)(=O)CC(C)N2CCCCC2C)c(S(=O)(=O)CC(C)N2CCCCC2C)c1. The van der Waals surface area contributed by atoms with Crippen molar-refractivity contribution in [2.24, 2.45) is 0 Å². The average molecular weight is 499 g/mol. The molecule has 6 nitrogen and oxygen atoms in total. The molecule has 1 aromatic rings. The minimum Gasteiger partial charge on any atom is -0.297 e. The van der Waals surface area contributed by atoms with E-state index in [-0.39, 0.29) is 33.4 Å². The van der Waals surface area contributed by atoms with Gasteiger partial charge in [-0.1, -0.05) is 18.9 Å². The topological polar surface area (TPSA) is 74.8 Å².